The van der Waals surface area contributed by atoms with Crippen LogP contribution in [0.1, 0.15) is 32.3 Å². The van der Waals surface area contributed by atoms with Crippen molar-refractivity contribution in [3.05, 3.63) is 63.2 Å². The molecule has 0 N–H and O–H groups in total. The van der Waals surface area contributed by atoms with E-state index in [-0.39, 0.29) is 12.6 Å². The first-order valence-electron chi connectivity index (χ1n) is 7.29. The van der Waals surface area contributed by atoms with Crippen molar-refractivity contribution >= 4 is 17.3 Å². The Hall–Kier alpha value is -2.40. The first kappa shape index (κ1) is 15.5. The first-order valence-corrected chi connectivity index (χ1v) is 8.17. The van der Waals surface area contributed by atoms with Crippen molar-refractivity contribution in [3.63, 3.8) is 0 Å². The number of hydrogen-bond donors (Lipinski definition) is 0. The highest BCUT2D eigenvalue weighted by Gasteiger charge is 2.18. The molecule has 3 rings (SSSR count). The zero-order valence-electron chi connectivity index (χ0n) is 13.3. The average Bonchev–Trinajstić information content (AvgIpc) is 3.14. The Labute approximate surface area is 138 Å². The number of carbonyl (C=O) groups excluding carboxylic acids is 1. The second-order valence-corrected chi connectivity index (χ2v) is 6.32. The minimum atomic E-state index is -0.324. The normalized spacial score (nSPS) is 10.7. The van der Waals surface area contributed by atoms with Gasteiger partial charge in [-0.25, -0.2) is 4.79 Å². The lowest BCUT2D eigenvalue weighted by Gasteiger charge is -2.06. The topological polar surface area (TPSA) is 52.3 Å². The van der Waals surface area contributed by atoms with Crippen LogP contribution in [-0.2, 0) is 11.3 Å². The van der Waals surface area contributed by atoms with Crippen LogP contribution in [-0.4, -0.2) is 11.1 Å². The molecule has 5 heteroatoms. The summed E-state index contributed by atoms with van der Waals surface area (Å²) in [5.74, 6) is 0.357. The summed E-state index contributed by atoms with van der Waals surface area (Å²) in [7, 11) is 0. The van der Waals surface area contributed by atoms with E-state index in [1.165, 1.54) is 16.9 Å². The summed E-state index contributed by atoms with van der Waals surface area (Å²) in [5, 5.41) is 5.77. The molecule has 0 radical (unpaired) electrons. The van der Waals surface area contributed by atoms with Crippen molar-refractivity contribution in [2.45, 2.75) is 27.4 Å². The maximum absolute atomic E-state index is 12.4. The molecule has 0 spiro atoms. The fourth-order valence-corrected chi connectivity index (χ4v) is 3.15. The van der Waals surface area contributed by atoms with Gasteiger partial charge in [0, 0.05) is 5.56 Å². The predicted octanol–water partition coefficient (Wildman–Crippen LogP) is 4.69. The number of aryl methyl sites for hydroxylation is 3. The second-order valence-electron chi connectivity index (χ2n) is 5.41. The first-order chi connectivity index (χ1) is 11.1. The zero-order valence-corrected chi connectivity index (χ0v) is 14.1. The van der Waals surface area contributed by atoms with Gasteiger partial charge in [0.25, 0.3) is 0 Å². The van der Waals surface area contributed by atoms with E-state index in [1.807, 2.05) is 56.5 Å². The van der Waals surface area contributed by atoms with E-state index >= 15 is 0 Å². The molecule has 0 saturated heterocycles. The third kappa shape index (κ3) is 3.19. The minimum Gasteiger partial charge on any atom is -0.456 e. The molecule has 0 aliphatic carbocycles. The van der Waals surface area contributed by atoms with Gasteiger partial charge in [0.1, 0.15) is 17.2 Å². The molecule has 0 atom stereocenters. The second kappa shape index (κ2) is 6.38. The predicted molar refractivity (Wildman–Crippen MR) is 89.6 cm³/mol. The Kier molecular flexibility index (Phi) is 4.30. The maximum atomic E-state index is 12.4. The molecule has 2 heterocycles. The molecule has 0 aliphatic rings. The molecule has 0 fully saturated rings. The fourth-order valence-electron chi connectivity index (χ4n) is 2.34. The highest BCUT2D eigenvalue weighted by atomic mass is 32.1. The van der Waals surface area contributed by atoms with E-state index in [0.29, 0.717) is 10.6 Å². The van der Waals surface area contributed by atoms with Crippen LogP contribution in [0.2, 0.25) is 0 Å². The number of hydrogen-bond acceptors (Lipinski definition) is 5. The lowest BCUT2D eigenvalue weighted by molar-refractivity contribution is 0.0477. The van der Waals surface area contributed by atoms with Gasteiger partial charge in [-0.1, -0.05) is 35.0 Å². The molecule has 118 valence electrons. The number of benzene rings is 1. The zero-order chi connectivity index (χ0) is 16.4. The van der Waals surface area contributed by atoms with Crippen LogP contribution < -0.4 is 0 Å². The average molecular weight is 327 g/mol. The molecule has 23 heavy (non-hydrogen) atoms. The van der Waals surface area contributed by atoms with E-state index in [4.69, 9.17) is 9.26 Å². The number of rotatable bonds is 4. The summed E-state index contributed by atoms with van der Waals surface area (Å²) >= 11 is 1.39. The van der Waals surface area contributed by atoms with Crippen molar-refractivity contribution < 1.29 is 14.1 Å². The number of thiophene rings is 1. The smallest absolute Gasteiger partial charge is 0.349 e. The molecule has 1 aromatic carbocycles. The number of nitrogens with zero attached hydrogens (tertiary/aromatic N) is 1. The van der Waals surface area contributed by atoms with Crippen molar-refractivity contribution in [3.8, 4) is 11.1 Å². The Morgan fingerprint density at radius 3 is 2.57 bits per heavy atom. The Morgan fingerprint density at radius 2 is 1.91 bits per heavy atom. The van der Waals surface area contributed by atoms with Crippen LogP contribution in [0.4, 0.5) is 0 Å². The Bertz CT molecular complexity index is 811. The van der Waals surface area contributed by atoms with Crippen molar-refractivity contribution in [2.75, 3.05) is 0 Å². The van der Waals surface area contributed by atoms with Gasteiger partial charge in [-0.2, -0.15) is 0 Å². The molecule has 0 amide bonds. The summed E-state index contributed by atoms with van der Waals surface area (Å²) in [5.41, 5.74) is 4.68. The minimum absolute atomic E-state index is 0.172. The molecular formula is C18H17NO3S. The molecule has 0 aliphatic heterocycles. The molecule has 0 unspecified atom stereocenters. The molecule has 0 saturated carbocycles. The van der Waals surface area contributed by atoms with Crippen LogP contribution in [0.15, 0.2) is 40.2 Å². The van der Waals surface area contributed by atoms with Crippen molar-refractivity contribution in [2.24, 2.45) is 0 Å². The highest BCUT2D eigenvalue weighted by molar-refractivity contribution is 7.12. The summed E-state index contributed by atoms with van der Waals surface area (Å²) in [4.78, 5) is 13.0. The third-order valence-corrected chi connectivity index (χ3v) is 4.64. The summed E-state index contributed by atoms with van der Waals surface area (Å²) in [6.45, 7) is 5.86. The van der Waals surface area contributed by atoms with E-state index in [2.05, 4.69) is 5.16 Å². The van der Waals surface area contributed by atoms with Gasteiger partial charge in [0.05, 0.1) is 11.3 Å². The standard InChI is InChI=1S/C18H17NO3S/c1-11-4-6-14(7-5-11)15-8-9-23-17(15)18(20)21-10-16-12(2)19-22-13(16)3/h4-9H,10H2,1-3H3. The van der Waals surface area contributed by atoms with Gasteiger partial charge >= 0.3 is 5.97 Å². The molecule has 4 nitrogen and oxygen atoms in total. The van der Waals surface area contributed by atoms with Gasteiger partial charge in [0.15, 0.2) is 0 Å². The lowest BCUT2D eigenvalue weighted by Crippen LogP contribution is -2.05. The highest BCUT2D eigenvalue weighted by Crippen LogP contribution is 2.29. The monoisotopic (exact) mass is 327 g/mol. The van der Waals surface area contributed by atoms with Gasteiger partial charge in [-0.15, -0.1) is 11.3 Å². The van der Waals surface area contributed by atoms with Crippen LogP contribution in [0.5, 0.6) is 0 Å². The molecular weight excluding hydrogens is 310 g/mol. The summed E-state index contributed by atoms with van der Waals surface area (Å²) in [6, 6.07) is 10.0. The van der Waals surface area contributed by atoms with Crippen LogP contribution in [0.25, 0.3) is 11.1 Å². The third-order valence-electron chi connectivity index (χ3n) is 3.74. The number of ether oxygens (including phenoxy) is 1. The summed E-state index contributed by atoms with van der Waals surface area (Å²) in [6.07, 6.45) is 0. The molecule has 0 bridgehead atoms. The van der Waals surface area contributed by atoms with E-state index in [9.17, 15) is 4.79 Å². The quantitative estimate of drug-likeness (QED) is 0.653. The van der Waals surface area contributed by atoms with E-state index < -0.39 is 0 Å². The van der Waals surface area contributed by atoms with Gasteiger partial charge < -0.3 is 9.26 Å². The summed E-state index contributed by atoms with van der Waals surface area (Å²) < 4.78 is 10.5. The lowest BCUT2D eigenvalue weighted by atomic mass is 10.1. The Morgan fingerprint density at radius 1 is 1.17 bits per heavy atom. The van der Waals surface area contributed by atoms with Crippen LogP contribution in [0, 0.1) is 20.8 Å². The van der Waals surface area contributed by atoms with Crippen molar-refractivity contribution in [1.29, 1.82) is 0 Å². The van der Waals surface area contributed by atoms with Gasteiger partial charge in [-0.05, 0) is 37.8 Å². The fraction of sp³-hybridized carbons (Fsp3) is 0.222. The number of aromatic nitrogens is 1. The SMILES string of the molecule is Cc1ccc(-c2ccsc2C(=O)OCc2c(C)noc2C)cc1. The van der Waals surface area contributed by atoms with Gasteiger partial charge in [-0.3, -0.25) is 0 Å². The number of esters is 1. The molecule has 2 aromatic heterocycles. The van der Waals surface area contributed by atoms with E-state index in [0.717, 1.165) is 22.4 Å². The number of carbonyl (C=O) groups is 1. The van der Waals surface area contributed by atoms with Crippen molar-refractivity contribution in [1.82, 2.24) is 5.16 Å². The molecule has 3 aromatic rings. The van der Waals surface area contributed by atoms with Crippen LogP contribution >= 0.6 is 11.3 Å². The van der Waals surface area contributed by atoms with E-state index in [1.54, 1.807) is 0 Å². The van der Waals surface area contributed by atoms with Crippen LogP contribution in [0.3, 0.4) is 0 Å². The Balaban J connectivity index is 1.79. The van der Waals surface area contributed by atoms with Gasteiger partial charge in [0.2, 0.25) is 0 Å². The maximum Gasteiger partial charge on any atom is 0.349 e. The largest absolute Gasteiger partial charge is 0.456 e.